The number of halogens is 1. The van der Waals surface area contributed by atoms with E-state index in [1.165, 1.54) is 0 Å². The third kappa shape index (κ3) is 3.32. The van der Waals surface area contributed by atoms with Gasteiger partial charge < -0.3 is 14.6 Å². The number of benzene rings is 1. The molecule has 1 aromatic carbocycles. The van der Waals surface area contributed by atoms with Crippen LogP contribution in [0.4, 0.5) is 0 Å². The van der Waals surface area contributed by atoms with Crippen molar-refractivity contribution in [1.29, 1.82) is 0 Å². The molecule has 0 bridgehead atoms. The van der Waals surface area contributed by atoms with Crippen LogP contribution < -0.4 is 4.74 Å². The van der Waals surface area contributed by atoms with Gasteiger partial charge in [0.2, 0.25) is 0 Å². The van der Waals surface area contributed by atoms with Crippen molar-refractivity contribution in [3.8, 4) is 5.75 Å². The zero-order valence-corrected chi connectivity index (χ0v) is 11.3. The Labute approximate surface area is 113 Å². The van der Waals surface area contributed by atoms with Crippen molar-refractivity contribution in [2.24, 2.45) is 0 Å². The second-order valence-corrected chi connectivity index (χ2v) is 5.04. The molecule has 0 spiro atoms. The number of carboxylic acid groups (broad SMARTS) is 1. The molecule has 2 rings (SSSR count). The summed E-state index contributed by atoms with van der Waals surface area (Å²) in [7, 11) is 0. The molecule has 0 radical (unpaired) electrons. The van der Waals surface area contributed by atoms with Gasteiger partial charge in [0.05, 0.1) is 22.3 Å². The molecule has 0 aromatic heterocycles. The number of hydrogen-bond acceptors (Lipinski definition) is 3. The Kier molecular flexibility index (Phi) is 4.22. The molecule has 1 aliphatic rings. The number of aromatic carboxylic acids is 1. The fourth-order valence-corrected chi connectivity index (χ4v) is 2.35. The molecule has 0 atom stereocenters. The quantitative estimate of drug-likeness (QED) is 0.853. The fourth-order valence-electron chi connectivity index (χ4n) is 1.70. The molecule has 1 heterocycles. The summed E-state index contributed by atoms with van der Waals surface area (Å²) in [6, 6.07) is 4.91. The van der Waals surface area contributed by atoms with E-state index in [1.807, 2.05) is 0 Å². The molecule has 0 unspecified atom stereocenters. The number of hydrogen-bond donors (Lipinski definition) is 1. The van der Waals surface area contributed by atoms with Crippen molar-refractivity contribution in [2.45, 2.75) is 18.9 Å². The van der Waals surface area contributed by atoms with Gasteiger partial charge in [-0.3, -0.25) is 0 Å². The molecule has 1 saturated heterocycles. The van der Waals surface area contributed by atoms with E-state index in [4.69, 9.17) is 14.6 Å². The van der Waals surface area contributed by atoms with Gasteiger partial charge in [0.25, 0.3) is 0 Å². The Morgan fingerprint density at radius 1 is 1.41 bits per heavy atom. The van der Waals surface area contributed by atoms with Crippen molar-refractivity contribution in [3.63, 3.8) is 0 Å². The van der Waals surface area contributed by atoms with Crippen LogP contribution in [0.3, 0.4) is 0 Å². The van der Waals surface area contributed by atoms with Crippen LogP contribution in [0.25, 0.3) is 0 Å². The third-order valence-electron chi connectivity index (χ3n) is 2.64. The van der Waals surface area contributed by atoms with E-state index in [2.05, 4.69) is 22.6 Å². The first-order chi connectivity index (χ1) is 8.16. The lowest BCUT2D eigenvalue weighted by Crippen LogP contribution is -2.26. The first kappa shape index (κ1) is 12.6. The molecule has 1 fully saturated rings. The van der Waals surface area contributed by atoms with Crippen LogP contribution in [0.15, 0.2) is 18.2 Å². The lowest BCUT2D eigenvalue weighted by Gasteiger charge is -2.23. The normalized spacial score (nSPS) is 16.8. The van der Waals surface area contributed by atoms with Gasteiger partial charge in [-0.2, -0.15) is 0 Å². The Hall–Kier alpha value is -0.820. The Balaban J connectivity index is 2.08. The number of carbonyl (C=O) groups is 1. The van der Waals surface area contributed by atoms with E-state index >= 15 is 0 Å². The van der Waals surface area contributed by atoms with Crippen LogP contribution in [-0.4, -0.2) is 30.4 Å². The highest BCUT2D eigenvalue weighted by molar-refractivity contribution is 14.1. The molecule has 0 amide bonds. The summed E-state index contributed by atoms with van der Waals surface area (Å²) in [5.41, 5.74) is 0.286. The Bertz CT molecular complexity index is 413. The maximum atomic E-state index is 10.8. The van der Waals surface area contributed by atoms with E-state index in [0.717, 1.165) is 35.4 Å². The monoisotopic (exact) mass is 348 g/mol. The van der Waals surface area contributed by atoms with Crippen LogP contribution in [-0.2, 0) is 4.74 Å². The van der Waals surface area contributed by atoms with Gasteiger partial charge in [-0.15, -0.1) is 0 Å². The van der Waals surface area contributed by atoms with Crippen molar-refractivity contribution in [3.05, 3.63) is 27.3 Å². The highest BCUT2D eigenvalue weighted by atomic mass is 127. The largest absolute Gasteiger partial charge is 0.489 e. The highest BCUT2D eigenvalue weighted by Crippen LogP contribution is 2.25. The van der Waals surface area contributed by atoms with Crippen LogP contribution in [0.5, 0.6) is 5.75 Å². The number of carboxylic acids is 1. The minimum atomic E-state index is -0.916. The van der Waals surface area contributed by atoms with Crippen LogP contribution in [0.1, 0.15) is 23.2 Å². The molecule has 17 heavy (non-hydrogen) atoms. The molecule has 92 valence electrons. The smallest absolute Gasteiger partial charge is 0.335 e. The SMILES string of the molecule is O=C(O)c1ccc(OC2CCOCC2)c(I)c1. The fraction of sp³-hybridized carbons (Fsp3) is 0.417. The van der Waals surface area contributed by atoms with Crippen molar-refractivity contribution < 1.29 is 19.4 Å². The van der Waals surface area contributed by atoms with E-state index in [9.17, 15) is 4.79 Å². The lowest BCUT2D eigenvalue weighted by atomic mass is 10.1. The van der Waals surface area contributed by atoms with Gasteiger partial charge >= 0.3 is 5.97 Å². The van der Waals surface area contributed by atoms with Gasteiger partial charge in [0.15, 0.2) is 0 Å². The summed E-state index contributed by atoms with van der Waals surface area (Å²) >= 11 is 2.10. The predicted octanol–water partition coefficient (Wildman–Crippen LogP) is 2.55. The zero-order valence-electron chi connectivity index (χ0n) is 9.19. The summed E-state index contributed by atoms with van der Waals surface area (Å²) < 4.78 is 11.9. The van der Waals surface area contributed by atoms with Crippen molar-refractivity contribution >= 4 is 28.6 Å². The molecule has 1 aliphatic heterocycles. The lowest BCUT2D eigenvalue weighted by molar-refractivity contribution is 0.0252. The first-order valence-corrected chi connectivity index (χ1v) is 6.52. The average Bonchev–Trinajstić information content (AvgIpc) is 2.33. The molecule has 0 aliphatic carbocycles. The van der Waals surface area contributed by atoms with Crippen LogP contribution in [0.2, 0.25) is 0 Å². The summed E-state index contributed by atoms with van der Waals surface area (Å²) in [5, 5.41) is 8.86. The van der Waals surface area contributed by atoms with Crippen LogP contribution >= 0.6 is 22.6 Å². The Morgan fingerprint density at radius 2 is 2.12 bits per heavy atom. The molecule has 1 N–H and O–H groups in total. The van der Waals surface area contributed by atoms with Gasteiger partial charge in [-0.1, -0.05) is 0 Å². The minimum Gasteiger partial charge on any atom is -0.489 e. The van der Waals surface area contributed by atoms with E-state index in [1.54, 1.807) is 18.2 Å². The van der Waals surface area contributed by atoms with Gasteiger partial charge in [-0.05, 0) is 40.8 Å². The van der Waals surface area contributed by atoms with Gasteiger partial charge in [0, 0.05) is 12.8 Å². The standard InChI is InChI=1S/C12H13IO4/c13-10-7-8(12(14)15)1-2-11(10)17-9-3-5-16-6-4-9/h1-2,7,9H,3-6H2,(H,14,15). The van der Waals surface area contributed by atoms with Crippen LogP contribution in [0, 0.1) is 3.57 Å². The molecule has 4 nitrogen and oxygen atoms in total. The molecular weight excluding hydrogens is 335 g/mol. The highest BCUT2D eigenvalue weighted by Gasteiger charge is 2.17. The van der Waals surface area contributed by atoms with Gasteiger partial charge in [0.1, 0.15) is 11.9 Å². The molecule has 5 heteroatoms. The second kappa shape index (κ2) is 5.68. The van der Waals surface area contributed by atoms with Crippen molar-refractivity contribution in [2.75, 3.05) is 13.2 Å². The number of ether oxygens (including phenoxy) is 2. The van der Waals surface area contributed by atoms with E-state index in [0.29, 0.717) is 0 Å². The van der Waals surface area contributed by atoms with E-state index < -0.39 is 5.97 Å². The maximum absolute atomic E-state index is 10.8. The first-order valence-electron chi connectivity index (χ1n) is 5.44. The summed E-state index contributed by atoms with van der Waals surface area (Å²) in [6.07, 6.45) is 1.95. The van der Waals surface area contributed by atoms with E-state index in [-0.39, 0.29) is 11.7 Å². The predicted molar refractivity (Wildman–Crippen MR) is 70.6 cm³/mol. The zero-order chi connectivity index (χ0) is 12.3. The Morgan fingerprint density at radius 3 is 2.71 bits per heavy atom. The van der Waals surface area contributed by atoms with Gasteiger partial charge in [-0.25, -0.2) is 4.79 Å². The third-order valence-corrected chi connectivity index (χ3v) is 3.48. The van der Waals surface area contributed by atoms with Crippen molar-refractivity contribution in [1.82, 2.24) is 0 Å². The molecule has 1 aromatic rings. The summed E-state index contributed by atoms with van der Waals surface area (Å²) in [4.78, 5) is 10.8. The summed E-state index contributed by atoms with van der Waals surface area (Å²) in [6.45, 7) is 1.46. The maximum Gasteiger partial charge on any atom is 0.335 e. The molecular formula is C12H13IO4. The second-order valence-electron chi connectivity index (χ2n) is 3.88. The average molecular weight is 348 g/mol. The summed E-state index contributed by atoms with van der Waals surface area (Å²) in [5.74, 6) is -0.164. The minimum absolute atomic E-state index is 0.174. The number of rotatable bonds is 3. The molecule has 0 saturated carbocycles. The topological polar surface area (TPSA) is 55.8 Å².